The molecule has 1 N–H and O–H groups in total. The van der Waals surface area contributed by atoms with Gasteiger partial charge in [0.1, 0.15) is 16.4 Å². The highest BCUT2D eigenvalue weighted by Crippen LogP contribution is 2.29. The molecule has 110 valence electrons. The summed E-state index contributed by atoms with van der Waals surface area (Å²) in [6.45, 7) is 3.67. The lowest BCUT2D eigenvalue weighted by Gasteiger charge is -2.10. The lowest BCUT2D eigenvalue weighted by atomic mass is 10.2. The molecule has 0 amide bonds. The number of thioether (sulfide) groups is 1. The lowest BCUT2D eigenvalue weighted by Crippen LogP contribution is -2.09. The van der Waals surface area contributed by atoms with Gasteiger partial charge >= 0.3 is 5.97 Å². The Hall–Kier alpha value is -1.40. The molecule has 4 nitrogen and oxygen atoms in total. The zero-order valence-corrected chi connectivity index (χ0v) is 14.2. The SMILES string of the molecule is CCc1nc(C)c(C(=O)O)c(SCc2ccccc2Br)n1. The molecule has 0 atom stereocenters. The second kappa shape index (κ2) is 7.04. The third kappa shape index (κ3) is 3.83. The average Bonchev–Trinajstić information content (AvgIpc) is 2.45. The van der Waals surface area contributed by atoms with E-state index in [1.807, 2.05) is 31.2 Å². The highest BCUT2D eigenvalue weighted by molar-refractivity contribution is 9.10. The Morgan fingerprint density at radius 2 is 2.05 bits per heavy atom. The van der Waals surface area contributed by atoms with Crippen LogP contribution in [0.5, 0.6) is 0 Å². The molecule has 1 aromatic carbocycles. The number of aromatic carboxylic acids is 1. The first-order chi connectivity index (χ1) is 10.0. The molecule has 21 heavy (non-hydrogen) atoms. The van der Waals surface area contributed by atoms with Crippen LogP contribution in [-0.2, 0) is 12.2 Å². The number of hydrogen-bond donors (Lipinski definition) is 1. The molecule has 2 aromatic rings. The molecule has 0 bridgehead atoms. The summed E-state index contributed by atoms with van der Waals surface area (Å²) in [5.74, 6) is 0.346. The van der Waals surface area contributed by atoms with E-state index in [-0.39, 0.29) is 5.56 Å². The topological polar surface area (TPSA) is 63.1 Å². The Labute approximate surface area is 136 Å². The summed E-state index contributed by atoms with van der Waals surface area (Å²) in [6.07, 6.45) is 0.684. The van der Waals surface area contributed by atoms with E-state index >= 15 is 0 Å². The van der Waals surface area contributed by atoms with Gasteiger partial charge in [0.15, 0.2) is 0 Å². The van der Waals surface area contributed by atoms with Crippen molar-refractivity contribution in [3.05, 3.63) is 51.4 Å². The van der Waals surface area contributed by atoms with Gasteiger partial charge < -0.3 is 5.11 Å². The van der Waals surface area contributed by atoms with Crippen LogP contribution in [0.25, 0.3) is 0 Å². The molecule has 0 unspecified atom stereocenters. The van der Waals surface area contributed by atoms with E-state index in [4.69, 9.17) is 0 Å². The standard InChI is InChI=1S/C15H15BrN2O2S/c1-3-12-17-9(2)13(15(19)20)14(18-12)21-8-10-6-4-5-7-11(10)16/h4-7H,3,8H2,1-2H3,(H,19,20). The second-order valence-corrected chi connectivity index (χ2v) is 6.26. The number of carboxylic acid groups (broad SMARTS) is 1. The van der Waals surface area contributed by atoms with Crippen molar-refractivity contribution in [1.82, 2.24) is 9.97 Å². The molecule has 0 saturated carbocycles. The first-order valence-corrected chi connectivity index (χ1v) is 8.27. The van der Waals surface area contributed by atoms with Crippen LogP contribution in [0.1, 0.15) is 34.4 Å². The number of halogens is 1. The van der Waals surface area contributed by atoms with Gasteiger partial charge in [-0.25, -0.2) is 14.8 Å². The van der Waals surface area contributed by atoms with Crippen molar-refractivity contribution in [3.63, 3.8) is 0 Å². The molecular formula is C15H15BrN2O2S. The van der Waals surface area contributed by atoms with Gasteiger partial charge in [-0.15, -0.1) is 11.8 Å². The quantitative estimate of drug-likeness (QED) is 0.637. The van der Waals surface area contributed by atoms with Crippen molar-refractivity contribution in [3.8, 4) is 0 Å². The normalized spacial score (nSPS) is 10.6. The molecule has 0 aliphatic rings. The summed E-state index contributed by atoms with van der Waals surface area (Å²) < 4.78 is 1.01. The summed E-state index contributed by atoms with van der Waals surface area (Å²) in [6, 6.07) is 7.88. The molecule has 1 heterocycles. The van der Waals surface area contributed by atoms with Gasteiger partial charge in [0, 0.05) is 16.6 Å². The summed E-state index contributed by atoms with van der Waals surface area (Å²) in [5, 5.41) is 9.89. The van der Waals surface area contributed by atoms with Gasteiger partial charge in [0.2, 0.25) is 0 Å². The smallest absolute Gasteiger partial charge is 0.340 e. The van der Waals surface area contributed by atoms with Crippen molar-refractivity contribution in [2.75, 3.05) is 0 Å². The molecule has 0 spiro atoms. The summed E-state index contributed by atoms with van der Waals surface area (Å²) in [7, 11) is 0. The van der Waals surface area contributed by atoms with Crippen LogP contribution in [0.4, 0.5) is 0 Å². The van der Waals surface area contributed by atoms with Crippen molar-refractivity contribution >= 4 is 33.7 Å². The lowest BCUT2D eigenvalue weighted by molar-refractivity contribution is 0.0690. The maximum atomic E-state index is 11.4. The van der Waals surface area contributed by atoms with Gasteiger partial charge in [-0.05, 0) is 18.6 Å². The molecule has 6 heteroatoms. The van der Waals surface area contributed by atoms with Crippen molar-refractivity contribution in [2.45, 2.75) is 31.0 Å². The third-order valence-electron chi connectivity index (χ3n) is 2.96. The summed E-state index contributed by atoms with van der Waals surface area (Å²) >= 11 is 4.92. The van der Waals surface area contributed by atoms with E-state index in [1.165, 1.54) is 11.8 Å². The number of aromatic nitrogens is 2. The summed E-state index contributed by atoms with van der Waals surface area (Å²) in [5.41, 5.74) is 1.82. The molecular weight excluding hydrogens is 352 g/mol. The minimum Gasteiger partial charge on any atom is -0.478 e. The first kappa shape index (κ1) is 16.0. The van der Waals surface area contributed by atoms with Gasteiger partial charge in [-0.1, -0.05) is 41.1 Å². The third-order valence-corrected chi connectivity index (χ3v) is 4.75. The summed E-state index contributed by atoms with van der Waals surface area (Å²) in [4.78, 5) is 20.0. The Morgan fingerprint density at radius 1 is 1.33 bits per heavy atom. The molecule has 0 aliphatic heterocycles. The number of hydrogen-bond acceptors (Lipinski definition) is 4. The Morgan fingerprint density at radius 3 is 2.67 bits per heavy atom. The first-order valence-electron chi connectivity index (χ1n) is 6.50. The van der Waals surface area contributed by atoms with Gasteiger partial charge in [-0.2, -0.15) is 0 Å². The van der Waals surface area contributed by atoms with Gasteiger partial charge in [0.25, 0.3) is 0 Å². The van der Waals surface area contributed by atoms with E-state index in [0.717, 1.165) is 10.0 Å². The maximum Gasteiger partial charge on any atom is 0.340 e. The number of carbonyl (C=O) groups is 1. The van der Waals surface area contributed by atoms with Crippen LogP contribution in [0.15, 0.2) is 33.8 Å². The van der Waals surface area contributed by atoms with E-state index in [2.05, 4.69) is 25.9 Å². The van der Waals surface area contributed by atoms with Crippen LogP contribution in [0.3, 0.4) is 0 Å². The molecule has 0 radical (unpaired) electrons. The van der Waals surface area contributed by atoms with Crippen molar-refractivity contribution in [1.29, 1.82) is 0 Å². The minimum atomic E-state index is -0.982. The Bertz CT molecular complexity index is 677. The molecule has 0 aliphatic carbocycles. The van der Waals surface area contributed by atoms with Crippen molar-refractivity contribution < 1.29 is 9.90 Å². The fraction of sp³-hybridized carbons (Fsp3) is 0.267. The zero-order valence-electron chi connectivity index (χ0n) is 11.8. The number of carboxylic acids is 1. The molecule has 0 saturated heterocycles. The predicted molar refractivity (Wildman–Crippen MR) is 86.8 cm³/mol. The molecule has 2 rings (SSSR count). The fourth-order valence-corrected chi connectivity index (χ4v) is 3.58. The van der Waals surface area contributed by atoms with E-state index in [9.17, 15) is 9.90 Å². The molecule has 1 aromatic heterocycles. The number of rotatable bonds is 5. The minimum absolute atomic E-state index is 0.198. The van der Waals surface area contributed by atoms with Gasteiger partial charge in [-0.3, -0.25) is 0 Å². The Kier molecular flexibility index (Phi) is 5.36. The van der Waals surface area contributed by atoms with Crippen molar-refractivity contribution in [2.24, 2.45) is 0 Å². The average molecular weight is 367 g/mol. The van der Waals surface area contributed by atoms with E-state index in [0.29, 0.717) is 28.7 Å². The molecule has 0 fully saturated rings. The van der Waals surface area contributed by atoms with E-state index in [1.54, 1.807) is 6.92 Å². The van der Waals surface area contributed by atoms with Crippen LogP contribution >= 0.6 is 27.7 Å². The Balaban J connectivity index is 2.32. The maximum absolute atomic E-state index is 11.4. The zero-order chi connectivity index (χ0) is 15.4. The number of benzene rings is 1. The number of aryl methyl sites for hydroxylation is 2. The fourth-order valence-electron chi connectivity index (χ4n) is 1.87. The monoisotopic (exact) mass is 366 g/mol. The second-order valence-electron chi connectivity index (χ2n) is 4.44. The van der Waals surface area contributed by atoms with E-state index < -0.39 is 5.97 Å². The number of nitrogens with zero attached hydrogens (tertiary/aromatic N) is 2. The largest absolute Gasteiger partial charge is 0.478 e. The van der Waals surface area contributed by atoms with Crippen LogP contribution < -0.4 is 0 Å². The predicted octanol–water partition coefficient (Wildman–Crippen LogP) is 4.10. The van der Waals surface area contributed by atoms with Crippen LogP contribution in [0, 0.1) is 6.92 Å². The van der Waals surface area contributed by atoms with Crippen LogP contribution in [-0.4, -0.2) is 21.0 Å². The van der Waals surface area contributed by atoms with Crippen LogP contribution in [0.2, 0.25) is 0 Å². The van der Waals surface area contributed by atoms with Gasteiger partial charge in [0.05, 0.1) is 5.69 Å². The highest BCUT2D eigenvalue weighted by atomic mass is 79.9. The highest BCUT2D eigenvalue weighted by Gasteiger charge is 2.18.